The lowest BCUT2D eigenvalue weighted by Gasteiger charge is -2.30. The number of sulfonamides is 1. The van der Waals surface area contributed by atoms with Crippen molar-refractivity contribution in [2.24, 2.45) is 0 Å². The van der Waals surface area contributed by atoms with Crippen LogP contribution in [0.15, 0.2) is 29.6 Å². The van der Waals surface area contributed by atoms with Gasteiger partial charge in [-0.15, -0.1) is 11.3 Å². The van der Waals surface area contributed by atoms with Crippen molar-refractivity contribution in [3.63, 3.8) is 0 Å². The van der Waals surface area contributed by atoms with Crippen LogP contribution >= 0.6 is 11.3 Å². The van der Waals surface area contributed by atoms with Crippen LogP contribution in [0.2, 0.25) is 0 Å². The number of benzene rings is 1. The molecule has 3 heterocycles. The number of thiazole rings is 1. The molecule has 0 spiro atoms. The van der Waals surface area contributed by atoms with Crippen molar-refractivity contribution in [2.75, 3.05) is 55.4 Å². The summed E-state index contributed by atoms with van der Waals surface area (Å²) in [5, 5.41) is 5.25. The number of carbonyl (C=O) groups excluding carboxylic acids is 1. The van der Waals surface area contributed by atoms with Crippen molar-refractivity contribution in [1.82, 2.24) is 9.29 Å². The average molecular weight is 519 g/mol. The fraction of sp³-hybridized carbons (Fsp3) is 0.524. The highest BCUT2D eigenvalue weighted by atomic mass is 32.2. The van der Waals surface area contributed by atoms with E-state index in [4.69, 9.17) is 4.74 Å². The molecular formula is C21H25F3N4O4S2. The highest BCUT2D eigenvalue weighted by Gasteiger charge is 2.39. The maximum Gasteiger partial charge on any atom is 0.404 e. The minimum atomic E-state index is -4.77. The number of anilines is 2. The van der Waals surface area contributed by atoms with Gasteiger partial charge >= 0.3 is 6.18 Å². The average Bonchev–Trinajstić information content (AvgIpc) is 3.29. The van der Waals surface area contributed by atoms with E-state index < -0.39 is 22.0 Å². The number of ether oxygens (including phenoxy) is 1. The Kier molecular flexibility index (Phi) is 7.45. The van der Waals surface area contributed by atoms with E-state index in [-0.39, 0.29) is 30.6 Å². The van der Waals surface area contributed by atoms with Gasteiger partial charge in [0.25, 0.3) is 5.91 Å². The summed E-state index contributed by atoms with van der Waals surface area (Å²) in [6.07, 6.45) is -4.06. The quantitative estimate of drug-likeness (QED) is 0.631. The van der Waals surface area contributed by atoms with Gasteiger partial charge in [0, 0.05) is 37.5 Å². The van der Waals surface area contributed by atoms with Crippen LogP contribution in [-0.2, 0) is 14.8 Å². The molecule has 0 aliphatic carbocycles. The molecule has 2 aliphatic rings. The third-order valence-corrected chi connectivity index (χ3v) is 8.65. The number of piperidine rings is 1. The highest BCUT2D eigenvalue weighted by Crippen LogP contribution is 2.33. The number of alkyl halides is 3. The zero-order valence-corrected chi connectivity index (χ0v) is 19.9. The summed E-state index contributed by atoms with van der Waals surface area (Å²) in [5.41, 5.74) is 1.83. The van der Waals surface area contributed by atoms with Gasteiger partial charge in [0.05, 0.1) is 29.6 Å². The molecule has 8 nitrogen and oxygen atoms in total. The molecular weight excluding hydrogens is 493 g/mol. The first-order chi connectivity index (χ1) is 16.1. The van der Waals surface area contributed by atoms with E-state index in [0.29, 0.717) is 36.8 Å². The van der Waals surface area contributed by atoms with E-state index in [1.807, 2.05) is 24.3 Å². The molecule has 13 heteroatoms. The van der Waals surface area contributed by atoms with Gasteiger partial charge in [-0.1, -0.05) is 12.1 Å². The number of nitrogens with one attached hydrogen (secondary N) is 1. The van der Waals surface area contributed by atoms with Gasteiger partial charge in [0.2, 0.25) is 10.0 Å². The molecule has 0 saturated carbocycles. The van der Waals surface area contributed by atoms with Crippen molar-refractivity contribution in [3.05, 3.63) is 40.3 Å². The van der Waals surface area contributed by atoms with Crippen molar-refractivity contribution >= 4 is 38.6 Å². The molecule has 186 valence electrons. The van der Waals surface area contributed by atoms with Crippen molar-refractivity contribution < 1.29 is 31.1 Å². The number of hydrogen-bond donors (Lipinski definition) is 1. The molecule has 0 atom stereocenters. The molecule has 0 radical (unpaired) electrons. The maximum atomic E-state index is 12.9. The number of carbonyl (C=O) groups is 1. The molecule has 0 bridgehead atoms. The Bertz CT molecular complexity index is 1110. The van der Waals surface area contributed by atoms with Crippen molar-refractivity contribution in [1.29, 1.82) is 0 Å². The third kappa shape index (κ3) is 6.06. The Labute approximate surface area is 199 Å². The van der Waals surface area contributed by atoms with Crippen molar-refractivity contribution in [3.8, 4) is 0 Å². The molecule has 1 aromatic carbocycles. The van der Waals surface area contributed by atoms with Crippen molar-refractivity contribution in [2.45, 2.75) is 24.9 Å². The predicted octanol–water partition coefficient (Wildman–Crippen LogP) is 3.30. The lowest BCUT2D eigenvalue weighted by atomic mass is 9.99. The molecule has 1 N–H and O–H groups in total. The van der Waals surface area contributed by atoms with E-state index in [9.17, 15) is 26.4 Å². The zero-order chi connectivity index (χ0) is 24.3. The first-order valence-electron chi connectivity index (χ1n) is 10.9. The summed E-state index contributed by atoms with van der Waals surface area (Å²) in [6.45, 7) is 2.69. The van der Waals surface area contributed by atoms with Gasteiger partial charge in [0.1, 0.15) is 5.69 Å². The Morgan fingerprint density at radius 1 is 1.15 bits per heavy atom. The van der Waals surface area contributed by atoms with E-state index in [2.05, 4.69) is 15.2 Å². The van der Waals surface area contributed by atoms with E-state index in [0.717, 1.165) is 23.1 Å². The summed E-state index contributed by atoms with van der Waals surface area (Å²) in [7, 11) is -4.39. The van der Waals surface area contributed by atoms with Gasteiger partial charge in [-0.05, 0) is 25.0 Å². The predicted molar refractivity (Wildman–Crippen MR) is 123 cm³/mol. The second-order valence-corrected chi connectivity index (χ2v) is 11.0. The van der Waals surface area contributed by atoms with E-state index >= 15 is 0 Å². The highest BCUT2D eigenvalue weighted by molar-refractivity contribution is 7.89. The number of aromatic nitrogens is 1. The number of halogens is 3. The van der Waals surface area contributed by atoms with Crippen LogP contribution in [0.5, 0.6) is 0 Å². The monoisotopic (exact) mass is 518 g/mol. The Morgan fingerprint density at radius 2 is 1.82 bits per heavy atom. The first-order valence-corrected chi connectivity index (χ1v) is 13.3. The van der Waals surface area contributed by atoms with E-state index in [1.165, 1.54) is 11.3 Å². The third-order valence-electron chi connectivity index (χ3n) is 5.80. The molecule has 2 aromatic rings. The number of hydrogen-bond acceptors (Lipinski definition) is 7. The molecule has 1 aromatic heterocycles. The Morgan fingerprint density at radius 3 is 2.50 bits per heavy atom. The summed E-state index contributed by atoms with van der Waals surface area (Å²) in [6, 6.07) is 7.51. The van der Waals surface area contributed by atoms with Crippen LogP contribution < -0.4 is 10.2 Å². The molecule has 34 heavy (non-hydrogen) atoms. The number of amides is 1. The number of rotatable bonds is 6. The fourth-order valence-electron chi connectivity index (χ4n) is 4.10. The minimum absolute atomic E-state index is 0.00286. The van der Waals surface area contributed by atoms with Crippen LogP contribution in [-0.4, -0.2) is 74.9 Å². The van der Waals surface area contributed by atoms with Gasteiger partial charge < -0.3 is 15.0 Å². The van der Waals surface area contributed by atoms with Crippen LogP contribution in [0.3, 0.4) is 0 Å². The van der Waals surface area contributed by atoms with Crippen LogP contribution in [0.25, 0.3) is 0 Å². The zero-order valence-electron chi connectivity index (χ0n) is 18.3. The SMILES string of the molecule is O=C(Nc1ccccc1N1CCOCC1)c1csc(C2CCN(S(=O)(=O)CC(F)(F)F)CC2)n1. The number of morpholine rings is 1. The van der Waals surface area contributed by atoms with Gasteiger partial charge in [0.15, 0.2) is 5.75 Å². The smallest absolute Gasteiger partial charge is 0.378 e. The second-order valence-electron chi connectivity index (χ2n) is 8.19. The standard InChI is InChI=1S/C21H25F3N4O4S2/c22-21(23,24)14-34(30,31)28-7-5-15(6-8-28)20-26-17(13-33-20)19(29)25-16-3-1-2-4-18(16)27-9-11-32-12-10-27/h1-4,13,15H,5-12,14H2,(H,25,29). The Hall–Kier alpha value is -2.22. The van der Waals surface area contributed by atoms with Crippen LogP contribution in [0, 0.1) is 0 Å². The Balaban J connectivity index is 1.38. The lowest BCUT2D eigenvalue weighted by Crippen LogP contribution is -2.42. The molecule has 2 aliphatic heterocycles. The molecule has 2 saturated heterocycles. The number of nitrogens with zero attached hydrogens (tertiary/aromatic N) is 3. The fourth-order valence-corrected chi connectivity index (χ4v) is 6.44. The molecule has 2 fully saturated rings. The van der Waals surface area contributed by atoms with Crippen LogP contribution in [0.4, 0.5) is 24.5 Å². The minimum Gasteiger partial charge on any atom is -0.378 e. The van der Waals surface area contributed by atoms with Gasteiger partial charge in [-0.3, -0.25) is 4.79 Å². The lowest BCUT2D eigenvalue weighted by molar-refractivity contribution is -0.107. The van der Waals surface area contributed by atoms with E-state index in [1.54, 1.807) is 5.38 Å². The van der Waals surface area contributed by atoms with Crippen LogP contribution in [0.1, 0.15) is 34.3 Å². The maximum absolute atomic E-state index is 12.9. The van der Waals surface area contributed by atoms with Gasteiger partial charge in [-0.2, -0.15) is 13.2 Å². The molecule has 1 amide bonds. The topological polar surface area (TPSA) is 91.8 Å². The molecule has 0 unspecified atom stereocenters. The summed E-state index contributed by atoms with van der Waals surface area (Å²) < 4.78 is 67.9. The second kappa shape index (κ2) is 10.2. The summed E-state index contributed by atoms with van der Waals surface area (Å²) in [5.74, 6) is -2.31. The largest absolute Gasteiger partial charge is 0.404 e. The summed E-state index contributed by atoms with van der Waals surface area (Å²) >= 11 is 1.30. The number of para-hydroxylation sites is 2. The first kappa shape index (κ1) is 24.9. The summed E-state index contributed by atoms with van der Waals surface area (Å²) in [4.78, 5) is 19.4. The normalized spacial score (nSPS) is 18.7. The van der Waals surface area contributed by atoms with Gasteiger partial charge in [-0.25, -0.2) is 17.7 Å². The molecule has 4 rings (SSSR count).